The number of nitrogens with zero attached hydrogens (tertiary/aromatic N) is 1. The summed E-state index contributed by atoms with van der Waals surface area (Å²) in [5.74, 6) is -0.834. The second-order valence-corrected chi connectivity index (χ2v) is 5.51. The van der Waals surface area contributed by atoms with Gasteiger partial charge in [-0.3, -0.25) is 9.69 Å². The maximum absolute atomic E-state index is 12.5. The number of benzene rings is 1. The molecule has 0 amide bonds. The zero-order valence-corrected chi connectivity index (χ0v) is 11.7. The first-order valence-electron chi connectivity index (χ1n) is 6.93. The Labute approximate surface area is 121 Å². The first kappa shape index (κ1) is 15.8. The number of carboxylic acids is 1. The molecule has 0 saturated carbocycles. The summed E-state index contributed by atoms with van der Waals surface area (Å²) in [6.07, 6.45) is -2.85. The van der Waals surface area contributed by atoms with Crippen LogP contribution in [0.3, 0.4) is 0 Å². The minimum atomic E-state index is -4.33. The fraction of sp³-hybridized carbons (Fsp3) is 0.533. The van der Waals surface area contributed by atoms with Crippen LogP contribution in [0, 0.1) is 0 Å². The lowest BCUT2D eigenvalue weighted by molar-refractivity contribution is -0.142. The van der Waals surface area contributed by atoms with E-state index in [-0.39, 0.29) is 5.92 Å². The van der Waals surface area contributed by atoms with Crippen LogP contribution in [-0.4, -0.2) is 35.1 Å². The van der Waals surface area contributed by atoms with Gasteiger partial charge in [-0.2, -0.15) is 13.2 Å². The molecule has 1 fully saturated rings. The average molecular weight is 301 g/mol. The monoisotopic (exact) mass is 301 g/mol. The lowest BCUT2D eigenvalue weighted by Crippen LogP contribution is -2.38. The lowest BCUT2D eigenvalue weighted by Gasteiger charge is -2.25. The summed E-state index contributed by atoms with van der Waals surface area (Å²) in [4.78, 5) is 13.0. The Bertz CT molecular complexity index is 499. The first-order chi connectivity index (χ1) is 9.79. The summed E-state index contributed by atoms with van der Waals surface area (Å²) in [6.45, 7) is 3.17. The molecule has 1 aliphatic heterocycles. The standard InChI is InChI=1S/C15H18F3NO2/c1-10(9-19-8-2-3-13(19)14(20)21)11-4-6-12(7-5-11)15(16,17)18/h4-7,10,13H,2-3,8-9H2,1H3,(H,20,21). The highest BCUT2D eigenvalue weighted by atomic mass is 19.4. The molecule has 0 bridgehead atoms. The average Bonchev–Trinajstić information content (AvgIpc) is 2.86. The zero-order valence-electron chi connectivity index (χ0n) is 11.7. The van der Waals surface area contributed by atoms with Gasteiger partial charge in [0.25, 0.3) is 0 Å². The summed E-state index contributed by atoms with van der Waals surface area (Å²) >= 11 is 0. The number of likely N-dealkylation sites (tertiary alicyclic amines) is 1. The van der Waals surface area contributed by atoms with Gasteiger partial charge in [-0.15, -0.1) is 0 Å². The van der Waals surface area contributed by atoms with Crippen molar-refractivity contribution in [2.75, 3.05) is 13.1 Å². The van der Waals surface area contributed by atoms with E-state index in [9.17, 15) is 18.0 Å². The van der Waals surface area contributed by atoms with Crippen molar-refractivity contribution in [3.8, 4) is 0 Å². The van der Waals surface area contributed by atoms with Crippen molar-refractivity contribution in [3.05, 3.63) is 35.4 Å². The van der Waals surface area contributed by atoms with Crippen LogP contribution >= 0.6 is 0 Å². The number of carboxylic acid groups (broad SMARTS) is 1. The number of rotatable bonds is 4. The molecule has 0 spiro atoms. The predicted octanol–water partition coefficient (Wildman–Crippen LogP) is 3.36. The second-order valence-electron chi connectivity index (χ2n) is 5.51. The van der Waals surface area contributed by atoms with Crippen molar-refractivity contribution in [1.29, 1.82) is 0 Å². The third kappa shape index (κ3) is 3.75. The topological polar surface area (TPSA) is 40.5 Å². The molecular formula is C15H18F3NO2. The van der Waals surface area contributed by atoms with E-state index in [0.29, 0.717) is 13.0 Å². The number of alkyl halides is 3. The molecular weight excluding hydrogens is 283 g/mol. The van der Waals surface area contributed by atoms with E-state index in [0.717, 1.165) is 30.7 Å². The normalized spacial score (nSPS) is 21.4. The summed E-state index contributed by atoms with van der Waals surface area (Å²) in [5, 5.41) is 9.13. The number of hydrogen-bond donors (Lipinski definition) is 1. The molecule has 1 aliphatic rings. The van der Waals surface area contributed by atoms with Gasteiger partial charge in [0.15, 0.2) is 0 Å². The van der Waals surface area contributed by atoms with Crippen molar-refractivity contribution in [3.63, 3.8) is 0 Å². The summed E-state index contributed by atoms with van der Waals surface area (Å²) in [6, 6.07) is 4.62. The molecule has 1 aromatic carbocycles. The molecule has 0 aliphatic carbocycles. The van der Waals surface area contributed by atoms with Crippen molar-refractivity contribution in [2.24, 2.45) is 0 Å². The lowest BCUT2D eigenvalue weighted by atomic mass is 9.99. The maximum Gasteiger partial charge on any atom is 0.416 e. The van der Waals surface area contributed by atoms with Gasteiger partial charge in [-0.1, -0.05) is 19.1 Å². The molecule has 1 aromatic rings. The molecule has 2 rings (SSSR count). The van der Waals surface area contributed by atoms with Crippen molar-refractivity contribution in [2.45, 2.75) is 37.9 Å². The fourth-order valence-electron chi connectivity index (χ4n) is 2.78. The summed E-state index contributed by atoms with van der Waals surface area (Å²) in [5.41, 5.74) is 0.127. The number of halogens is 3. The Morgan fingerprint density at radius 1 is 1.38 bits per heavy atom. The van der Waals surface area contributed by atoms with E-state index < -0.39 is 23.8 Å². The molecule has 2 unspecified atom stereocenters. The quantitative estimate of drug-likeness (QED) is 0.927. The molecule has 6 heteroatoms. The van der Waals surface area contributed by atoms with Crippen molar-refractivity contribution >= 4 is 5.97 Å². The molecule has 1 saturated heterocycles. The van der Waals surface area contributed by atoms with E-state index in [2.05, 4.69) is 0 Å². The highest BCUT2D eigenvalue weighted by molar-refractivity contribution is 5.73. The van der Waals surface area contributed by atoms with Gasteiger partial charge < -0.3 is 5.11 Å². The minimum absolute atomic E-state index is 0.00719. The van der Waals surface area contributed by atoms with E-state index in [1.165, 1.54) is 12.1 Å². The van der Waals surface area contributed by atoms with Crippen molar-refractivity contribution < 1.29 is 23.1 Å². The molecule has 1 N–H and O–H groups in total. The predicted molar refractivity (Wildman–Crippen MR) is 72.1 cm³/mol. The molecule has 0 aromatic heterocycles. The Kier molecular flexibility index (Phi) is 4.56. The molecule has 2 atom stereocenters. The van der Waals surface area contributed by atoms with Crippen LogP contribution in [0.4, 0.5) is 13.2 Å². The summed E-state index contributed by atoms with van der Waals surface area (Å²) < 4.78 is 37.5. The van der Waals surface area contributed by atoms with Gasteiger partial charge in [0.05, 0.1) is 5.56 Å². The van der Waals surface area contributed by atoms with Gasteiger partial charge in [0.2, 0.25) is 0 Å². The molecule has 21 heavy (non-hydrogen) atoms. The Morgan fingerprint density at radius 2 is 2.00 bits per heavy atom. The summed E-state index contributed by atoms with van der Waals surface area (Å²) in [7, 11) is 0. The Balaban J connectivity index is 2.03. The molecule has 116 valence electrons. The van der Waals surface area contributed by atoms with Crippen LogP contribution < -0.4 is 0 Å². The second kappa shape index (κ2) is 6.05. The van der Waals surface area contributed by atoms with Gasteiger partial charge >= 0.3 is 12.1 Å². The Hall–Kier alpha value is -1.56. The van der Waals surface area contributed by atoms with Gasteiger partial charge in [-0.05, 0) is 43.0 Å². The van der Waals surface area contributed by atoms with Gasteiger partial charge in [0.1, 0.15) is 6.04 Å². The van der Waals surface area contributed by atoms with Crippen molar-refractivity contribution in [1.82, 2.24) is 4.90 Å². The van der Waals surface area contributed by atoms with E-state index in [1.807, 2.05) is 11.8 Å². The first-order valence-corrected chi connectivity index (χ1v) is 6.93. The van der Waals surface area contributed by atoms with Crippen LogP contribution in [0.2, 0.25) is 0 Å². The highest BCUT2D eigenvalue weighted by Crippen LogP contribution is 2.30. The minimum Gasteiger partial charge on any atom is -0.480 e. The molecule has 0 radical (unpaired) electrons. The third-order valence-corrected chi connectivity index (χ3v) is 3.96. The van der Waals surface area contributed by atoms with E-state index in [1.54, 1.807) is 0 Å². The van der Waals surface area contributed by atoms with Crippen LogP contribution in [0.15, 0.2) is 24.3 Å². The number of hydrogen-bond acceptors (Lipinski definition) is 2. The maximum atomic E-state index is 12.5. The number of aliphatic carboxylic acids is 1. The number of carbonyl (C=O) groups is 1. The van der Waals surface area contributed by atoms with E-state index >= 15 is 0 Å². The SMILES string of the molecule is CC(CN1CCCC1C(=O)O)c1ccc(C(F)(F)F)cc1. The third-order valence-electron chi connectivity index (χ3n) is 3.96. The van der Waals surface area contributed by atoms with Crippen LogP contribution in [0.5, 0.6) is 0 Å². The fourth-order valence-corrected chi connectivity index (χ4v) is 2.78. The zero-order chi connectivity index (χ0) is 15.6. The van der Waals surface area contributed by atoms with E-state index in [4.69, 9.17) is 5.11 Å². The smallest absolute Gasteiger partial charge is 0.416 e. The van der Waals surface area contributed by atoms with Crippen LogP contribution in [-0.2, 0) is 11.0 Å². The van der Waals surface area contributed by atoms with Gasteiger partial charge in [-0.25, -0.2) is 0 Å². The highest BCUT2D eigenvalue weighted by Gasteiger charge is 2.32. The van der Waals surface area contributed by atoms with Crippen LogP contribution in [0.1, 0.15) is 36.8 Å². The molecule has 1 heterocycles. The molecule has 3 nitrogen and oxygen atoms in total. The Morgan fingerprint density at radius 3 is 2.52 bits per heavy atom. The van der Waals surface area contributed by atoms with Gasteiger partial charge in [0, 0.05) is 6.54 Å². The largest absolute Gasteiger partial charge is 0.480 e. The van der Waals surface area contributed by atoms with Crippen LogP contribution in [0.25, 0.3) is 0 Å².